The van der Waals surface area contributed by atoms with Crippen LogP contribution in [-0.4, -0.2) is 33.4 Å². The standard InChI is InChI=1S/C26H32O5.CH4/c1-6-18(3)26(27)31-16-22-21(13-19-9-7-17(2)8-10-19)15-30-25(22)20-11-12-23(28-4)24(14-20)29-5;/h6-12,14,21-22,25H,13,15-16H2,1-5H3;1H4/b18-6-;/t21-,22-,25+;/m0./s1. The third-order valence-corrected chi connectivity index (χ3v) is 6.00. The van der Waals surface area contributed by atoms with Crippen LogP contribution in [-0.2, 0) is 20.7 Å². The summed E-state index contributed by atoms with van der Waals surface area (Å²) in [5.41, 5.74) is 4.10. The molecular weight excluding hydrogens is 404 g/mol. The molecule has 0 aromatic heterocycles. The highest BCUT2D eigenvalue weighted by molar-refractivity contribution is 5.87. The second-order valence-electron chi connectivity index (χ2n) is 8.05. The van der Waals surface area contributed by atoms with Crippen LogP contribution in [0.3, 0.4) is 0 Å². The zero-order valence-corrected chi connectivity index (χ0v) is 19.0. The molecule has 0 radical (unpaired) electrons. The number of hydrogen-bond donors (Lipinski definition) is 0. The Labute approximate surface area is 192 Å². The molecule has 0 bridgehead atoms. The average Bonchev–Trinajstić information content (AvgIpc) is 3.19. The summed E-state index contributed by atoms with van der Waals surface area (Å²) >= 11 is 0. The van der Waals surface area contributed by atoms with Gasteiger partial charge in [0.2, 0.25) is 0 Å². The molecule has 1 heterocycles. The number of carbonyl (C=O) groups excluding carboxylic acids is 1. The average molecular weight is 441 g/mol. The van der Waals surface area contributed by atoms with Gasteiger partial charge in [-0.3, -0.25) is 0 Å². The SMILES string of the molecule is C.C/C=C(/C)C(=O)OC[C@H]1[C@@H](Cc2ccc(C)cc2)CO[C@@H]1c1ccc(OC)c(OC)c1. The minimum absolute atomic E-state index is 0. The van der Waals surface area contributed by atoms with E-state index in [2.05, 4.69) is 31.2 Å². The van der Waals surface area contributed by atoms with Crippen molar-refractivity contribution in [1.82, 2.24) is 0 Å². The summed E-state index contributed by atoms with van der Waals surface area (Å²) in [7, 11) is 3.24. The summed E-state index contributed by atoms with van der Waals surface area (Å²) in [6, 6.07) is 14.4. The highest BCUT2D eigenvalue weighted by atomic mass is 16.5. The van der Waals surface area contributed by atoms with E-state index in [0.29, 0.717) is 30.3 Å². The molecule has 0 unspecified atom stereocenters. The lowest BCUT2D eigenvalue weighted by molar-refractivity contribution is -0.141. The van der Waals surface area contributed by atoms with E-state index in [-0.39, 0.29) is 31.3 Å². The van der Waals surface area contributed by atoms with Crippen LogP contribution >= 0.6 is 0 Å². The maximum absolute atomic E-state index is 12.3. The van der Waals surface area contributed by atoms with Crippen molar-refractivity contribution in [2.45, 2.75) is 40.7 Å². The van der Waals surface area contributed by atoms with Crippen LogP contribution in [0.5, 0.6) is 11.5 Å². The molecule has 0 aliphatic carbocycles. The molecule has 1 fully saturated rings. The molecule has 0 N–H and O–H groups in total. The van der Waals surface area contributed by atoms with E-state index in [1.165, 1.54) is 11.1 Å². The van der Waals surface area contributed by atoms with Crippen LogP contribution in [0.2, 0.25) is 0 Å². The monoisotopic (exact) mass is 440 g/mol. The first-order valence-corrected chi connectivity index (χ1v) is 10.7. The second kappa shape index (κ2) is 11.7. The summed E-state index contributed by atoms with van der Waals surface area (Å²) in [4.78, 5) is 12.3. The van der Waals surface area contributed by atoms with Gasteiger partial charge in [0.15, 0.2) is 11.5 Å². The fraction of sp³-hybridized carbons (Fsp3) is 0.444. The predicted molar refractivity (Wildman–Crippen MR) is 127 cm³/mol. The first-order valence-electron chi connectivity index (χ1n) is 10.7. The molecule has 32 heavy (non-hydrogen) atoms. The van der Waals surface area contributed by atoms with Gasteiger partial charge in [-0.25, -0.2) is 4.79 Å². The molecule has 174 valence electrons. The molecule has 3 rings (SSSR count). The Hall–Kier alpha value is -2.79. The van der Waals surface area contributed by atoms with Gasteiger partial charge in [0.05, 0.1) is 33.5 Å². The van der Waals surface area contributed by atoms with E-state index in [0.717, 1.165) is 12.0 Å². The van der Waals surface area contributed by atoms with Crippen LogP contribution in [0.1, 0.15) is 44.1 Å². The van der Waals surface area contributed by atoms with Crippen molar-refractivity contribution < 1.29 is 23.7 Å². The van der Waals surface area contributed by atoms with Crippen molar-refractivity contribution in [3.05, 3.63) is 70.8 Å². The Balaban J connectivity index is 0.00000363. The molecular formula is C27H36O5. The van der Waals surface area contributed by atoms with E-state index in [1.807, 2.05) is 25.1 Å². The van der Waals surface area contributed by atoms with Crippen molar-refractivity contribution in [1.29, 1.82) is 0 Å². The fourth-order valence-corrected chi connectivity index (χ4v) is 3.96. The van der Waals surface area contributed by atoms with Gasteiger partial charge in [0.25, 0.3) is 0 Å². The lowest BCUT2D eigenvalue weighted by atomic mass is 9.84. The highest BCUT2D eigenvalue weighted by Gasteiger charge is 2.39. The highest BCUT2D eigenvalue weighted by Crippen LogP contribution is 2.42. The van der Waals surface area contributed by atoms with Gasteiger partial charge in [0, 0.05) is 11.5 Å². The Morgan fingerprint density at radius 2 is 1.78 bits per heavy atom. The molecule has 5 nitrogen and oxygen atoms in total. The third kappa shape index (κ3) is 5.92. The molecule has 0 saturated carbocycles. The van der Waals surface area contributed by atoms with Gasteiger partial charge in [-0.05, 0) is 56.4 Å². The Bertz CT molecular complexity index is 916. The molecule has 0 amide bonds. The molecule has 1 aliphatic heterocycles. The molecule has 5 heteroatoms. The Morgan fingerprint density at radius 3 is 2.41 bits per heavy atom. The number of esters is 1. The Kier molecular flexibility index (Phi) is 9.33. The van der Waals surface area contributed by atoms with Gasteiger partial charge < -0.3 is 18.9 Å². The zero-order chi connectivity index (χ0) is 22.4. The van der Waals surface area contributed by atoms with Gasteiger partial charge >= 0.3 is 5.97 Å². The maximum Gasteiger partial charge on any atom is 0.333 e. The van der Waals surface area contributed by atoms with Crippen molar-refractivity contribution in [3.63, 3.8) is 0 Å². The normalized spacial score (nSPS) is 20.4. The minimum Gasteiger partial charge on any atom is -0.493 e. The predicted octanol–water partition coefficient (Wildman–Crippen LogP) is 5.70. The molecule has 1 saturated heterocycles. The van der Waals surface area contributed by atoms with Crippen molar-refractivity contribution in [2.24, 2.45) is 11.8 Å². The summed E-state index contributed by atoms with van der Waals surface area (Å²) in [6.07, 6.45) is 2.45. The van der Waals surface area contributed by atoms with Crippen LogP contribution in [0.15, 0.2) is 54.1 Å². The van der Waals surface area contributed by atoms with Gasteiger partial charge in [-0.2, -0.15) is 0 Å². The van der Waals surface area contributed by atoms with Crippen molar-refractivity contribution >= 4 is 5.97 Å². The summed E-state index contributed by atoms with van der Waals surface area (Å²) in [5, 5.41) is 0. The van der Waals surface area contributed by atoms with E-state index in [4.69, 9.17) is 18.9 Å². The van der Waals surface area contributed by atoms with E-state index < -0.39 is 0 Å². The smallest absolute Gasteiger partial charge is 0.333 e. The topological polar surface area (TPSA) is 54.0 Å². The number of benzene rings is 2. The summed E-state index contributed by atoms with van der Waals surface area (Å²) in [6.45, 7) is 6.60. The van der Waals surface area contributed by atoms with Crippen molar-refractivity contribution in [2.75, 3.05) is 27.4 Å². The van der Waals surface area contributed by atoms with Gasteiger partial charge in [-0.1, -0.05) is 49.4 Å². The molecule has 2 aromatic rings. The Morgan fingerprint density at radius 1 is 1.09 bits per heavy atom. The first-order chi connectivity index (χ1) is 15.0. The van der Waals surface area contributed by atoms with Gasteiger partial charge in [0.1, 0.15) is 0 Å². The lowest BCUT2D eigenvalue weighted by Gasteiger charge is -2.24. The summed E-state index contributed by atoms with van der Waals surface area (Å²) < 4.78 is 22.8. The molecule has 3 atom stereocenters. The number of rotatable bonds is 8. The van der Waals surface area contributed by atoms with E-state index in [1.54, 1.807) is 27.2 Å². The zero-order valence-electron chi connectivity index (χ0n) is 19.0. The molecule has 2 aromatic carbocycles. The largest absolute Gasteiger partial charge is 0.493 e. The van der Waals surface area contributed by atoms with Crippen LogP contribution in [0.4, 0.5) is 0 Å². The van der Waals surface area contributed by atoms with E-state index in [9.17, 15) is 4.79 Å². The third-order valence-electron chi connectivity index (χ3n) is 6.00. The number of ether oxygens (including phenoxy) is 4. The number of methoxy groups -OCH3 is 2. The van der Waals surface area contributed by atoms with Crippen LogP contribution in [0.25, 0.3) is 0 Å². The summed E-state index contributed by atoms with van der Waals surface area (Å²) in [5.74, 6) is 1.32. The van der Waals surface area contributed by atoms with Crippen LogP contribution < -0.4 is 9.47 Å². The van der Waals surface area contributed by atoms with E-state index >= 15 is 0 Å². The number of allylic oxidation sites excluding steroid dienone is 1. The maximum atomic E-state index is 12.3. The van der Waals surface area contributed by atoms with Gasteiger partial charge in [-0.15, -0.1) is 0 Å². The number of hydrogen-bond acceptors (Lipinski definition) is 5. The van der Waals surface area contributed by atoms with Crippen molar-refractivity contribution in [3.8, 4) is 11.5 Å². The molecule has 0 spiro atoms. The number of aryl methyl sites for hydroxylation is 1. The number of carbonyl (C=O) groups is 1. The molecule has 1 aliphatic rings. The first kappa shape index (κ1) is 25.5. The lowest BCUT2D eigenvalue weighted by Crippen LogP contribution is -2.24. The van der Waals surface area contributed by atoms with Crippen LogP contribution in [0, 0.1) is 18.8 Å². The fourth-order valence-electron chi connectivity index (χ4n) is 3.96. The second-order valence-corrected chi connectivity index (χ2v) is 8.05. The quantitative estimate of drug-likeness (QED) is 0.389. The minimum atomic E-state index is -0.283.